The largest absolute Gasteiger partial charge is 0.336 e. The third kappa shape index (κ3) is 3.58. The number of thioether (sulfide) groups is 1. The molecule has 2 aromatic carbocycles. The van der Waals surface area contributed by atoms with Crippen LogP contribution in [0.25, 0.3) is 16.6 Å². The topological polar surface area (TPSA) is 84.3 Å². The van der Waals surface area contributed by atoms with E-state index in [1.54, 1.807) is 24.3 Å². The summed E-state index contributed by atoms with van der Waals surface area (Å²) in [6.07, 6.45) is 0. The van der Waals surface area contributed by atoms with Crippen molar-refractivity contribution in [3.05, 3.63) is 64.5 Å². The second-order valence-corrected chi connectivity index (χ2v) is 7.16. The third-order valence-corrected chi connectivity index (χ3v) is 5.30. The van der Waals surface area contributed by atoms with E-state index in [-0.39, 0.29) is 28.5 Å². The van der Waals surface area contributed by atoms with E-state index < -0.39 is 29.1 Å². The molecule has 0 aliphatic carbocycles. The number of hydrogen-bond acceptors (Lipinski definition) is 5. The minimum Gasteiger partial charge on any atom is -0.336 e. The highest BCUT2D eigenvalue weighted by Crippen LogP contribution is 2.23. The lowest BCUT2D eigenvalue weighted by Gasteiger charge is -2.15. The van der Waals surface area contributed by atoms with E-state index in [4.69, 9.17) is 0 Å². The number of imide groups is 1. The number of nitrogens with one attached hydrogen (secondary N) is 1. The number of aromatic nitrogens is 2. The Labute approximate surface area is 167 Å². The van der Waals surface area contributed by atoms with Crippen molar-refractivity contribution in [1.82, 2.24) is 19.8 Å². The van der Waals surface area contributed by atoms with E-state index in [0.29, 0.717) is 18.1 Å². The molecule has 1 aliphatic rings. The highest BCUT2D eigenvalue weighted by Gasteiger charge is 2.26. The second-order valence-electron chi connectivity index (χ2n) is 6.21. The molecule has 148 valence electrons. The summed E-state index contributed by atoms with van der Waals surface area (Å²) in [4.78, 5) is 42.5. The molecule has 2 heterocycles. The Bertz CT molecular complexity index is 1200. The van der Waals surface area contributed by atoms with Crippen molar-refractivity contribution >= 4 is 34.6 Å². The maximum absolute atomic E-state index is 14.4. The number of fused-ring (bicyclic) bond motifs is 1. The van der Waals surface area contributed by atoms with Crippen molar-refractivity contribution in [2.75, 3.05) is 18.8 Å². The van der Waals surface area contributed by atoms with Crippen LogP contribution < -0.4 is 10.9 Å². The summed E-state index contributed by atoms with van der Waals surface area (Å²) in [6.45, 7) is 0.623. The Balaban J connectivity index is 1.78. The molecule has 0 unspecified atom stereocenters. The Kier molecular flexibility index (Phi) is 5.01. The molecule has 3 aromatic rings. The highest BCUT2D eigenvalue weighted by atomic mass is 32.2. The van der Waals surface area contributed by atoms with Crippen LogP contribution in [0, 0.1) is 11.6 Å². The number of hydrogen-bond donors (Lipinski definition) is 1. The molecule has 10 heteroatoms. The van der Waals surface area contributed by atoms with Crippen LogP contribution in [0.4, 0.5) is 13.6 Å². The normalized spacial score (nSPS) is 13.7. The van der Waals surface area contributed by atoms with Gasteiger partial charge in [0.1, 0.15) is 11.6 Å². The van der Waals surface area contributed by atoms with Crippen LogP contribution in [-0.4, -0.2) is 45.2 Å². The number of amides is 3. The van der Waals surface area contributed by atoms with Crippen LogP contribution in [0.1, 0.15) is 0 Å². The highest BCUT2D eigenvalue weighted by molar-refractivity contribution is 7.99. The maximum Gasteiger partial charge on any atom is 0.324 e. The average Bonchev–Trinajstić information content (AvgIpc) is 3.13. The number of rotatable bonds is 4. The fraction of sp³-hybridized carbons (Fsp3) is 0.158. The number of urea groups is 1. The van der Waals surface area contributed by atoms with Crippen LogP contribution in [-0.2, 0) is 4.79 Å². The maximum atomic E-state index is 14.4. The molecule has 29 heavy (non-hydrogen) atoms. The summed E-state index contributed by atoms with van der Waals surface area (Å²) in [5.41, 5.74) is -0.344. The smallest absolute Gasteiger partial charge is 0.324 e. The molecule has 7 nitrogen and oxygen atoms in total. The van der Waals surface area contributed by atoms with Gasteiger partial charge in [0.2, 0.25) is 5.91 Å². The minimum atomic E-state index is -0.934. The second kappa shape index (κ2) is 7.63. The van der Waals surface area contributed by atoms with Gasteiger partial charge in [-0.15, -0.1) is 0 Å². The molecule has 0 bridgehead atoms. The third-order valence-electron chi connectivity index (χ3n) is 4.38. The number of halogens is 2. The molecule has 0 spiro atoms. The van der Waals surface area contributed by atoms with Gasteiger partial charge in [-0.1, -0.05) is 23.9 Å². The lowest BCUT2D eigenvalue weighted by molar-refractivity contribution is -0.124. The summed E-state index contributed by atoms with van der Waals surface area (Å²) in [5.74, 6) is -2.35. The standard InChI is InChI=1S/C19H14F2N4O3S/c20-11-5-6-15(13(21)9-11)25-17(27)12-3-1-2-4-14(12)23-19(25)29-10-16(26)24-8-7-22-18(24)28/h1-6,9H,7-8,10H2,(H,22,28). The molecule has 1 aliphatic heterocycles. The van der Waals surface area contributed by atoms with E-state index >= 15 is 0 Å². The van der Waals surface area contributed by atoms with Gasteiger partial charge in [-0.05, 0) is 24.3 Å². The first-order valence-electron chi connectivity index (χ1n) is 8.64. The molecule has 1 N–H and O–H groups in total. The van der Waals surface area contributed by atoms with Gasteiger partial charge < -0.3 is 5.32 Å². The SMILES string of the molecule is O=C(CSc1nc2ccccc2c(=O)n1-c1ccc(F)cc1F)N1CCNC1=O. The molecule has 0 saturated carbocycles. The summed E-state index contributed by atoms with van der Waals surface area (Å²) >= 11 is 0.901. The van der Waals surface area contributed by atoms with Crippen LogP contribution in [0.5, 0.6) is 0 Å². The van der Waals surface area contributed by atoms with Crippen molar-refractivity contribution in [3.8, 4) is 5.69 Å². The molecular weight excluding hydrogens is 402 g/mol. The first-order valence-corrected chi connectivity index (χ1v) is 9.62. The lowest BCUT2D eigenvalue weighted by Crippen LogP contribution is -2.35. The Hall–Kier alpha value is -3.27. The van der Waals surface area contributed by atoms with Crippen molar-refractivity contribution in [1.29, 1.82) is 0 Å². The fourth-order valence-corrected chi connectivity index (χ4v) is 3.88. The number of carbonyl (C=O) groups is 2. The Morgan fingerprint density at radius 2 is 1.97 bits per heavy atom. The predicted octanol–water partition coefficient (Wildman–Crippen LogP) is 2.31. The fourth-order valence-electron chi connectivity index (χ4n) is 3.00. The molecule has 0 radical (unpaired) electrons. The van der Waals surface area contributed by atoms with Gasteiger partial charge in [-0.25, -0.2) is 18.6 Å². The van der Waals surface area contributed by atoms with E-state index in [1.807, 2.05) is 0 Å². The molecule has 1 fully saturated rings. The Morgan fingerprint density at radius 3 is 2.69 bits per heavy atom. The van der Waals surface area contributed by atoms with Crippen molar-refractivity contribution in [2.24, 2.45) is 0 Å². The van der Waals surface area contributed by atoms with Gasteiger partial charge >= 0.3 is 6.03 Å². The van der Waals surface area contributed by atoms with Gasteiger partial charge in [-0.2, -0.15) is 0 Å². The van der Waals surface area contributed by atoms with Crippen LogP contribution in [0.3, 0.4) is 0 Å². The molecular formula is C19H14F2N4O3S. The predicted molar refractivity (Wildman–Crippen MR) is 103 cm³/mol. The van der Waals surface area contributed by atoms with Crippen molar-refractivity contribution in [3.63, 3.8) is 0 Å². The molecule has 1 saturated heterocycles. The average molecular weight is 416 g/mol. The molecule has 3 amide bonds. The first-order chi connectivity index (χ1) is 14.0. The van der Waals surface area contributed by atoms with Crippen LogP contribution in [0.15, 0.2) is 52.4 Å². The van der Waals surface area contributed by atoms with Crippen LogP contribution in [0.2, 0.25) is 0 Å². The Morgan fingerprint density at radius 1 is 1.17 bits per heavy atom. The summed E-state index contributed by atoms with van der Waals surface area (Å²) in [5, 5.41) is 2.85. The van der Waals surface area contributed by atoms with E-state index in [2.05, 4.69) is 10.3 Å². The first kappa shape index (κ1) is 19.1. The molecule has 4 rings (SSSR count). The number of carbonyl (C=O) groups excluding carboxylic acids is 2. The zero-order valence-corrected chi connectivity index (χ0v) is 15.7. The van der Waals surface area contributed by atoms with Gasteiger partial charge in [-0.3, -0.25) is 19.1 Å². The number of nitrogens with zero attached hydrogens (tertiary/aromatic N) is 3. The van der Waals surface area contributed by atoms with Gasteiger partial charge in [0.05, 0.1) is 22.3 Å². The van der Waals surface area contributed by atoms with Crippen molar-refractivity contribution < 1.29 is 18.4 Å². The van der Waals surface area contributed by atoms with Gasteiger partial charge in [0.15, 0.2) is 5.16 Å². The van der Waals surface area contributed by atoms with Crippen LogP contribution >= 0.6 is 11.8 Å². The van der Waals surface area contributed by atoms with E-state index in [0.717, 1.165) is 33.4 Å². The monoisotopic (exact) mass is 416 g/mol. The summed E-state index contributed by atoms with van der Waals surface area (Å²) in [7, 11) is 0. The summed E-state index contributed by atoms with van der Waals surface area (Å²) in [6, 6.07) is 8.90. The zero-order valence-electron chi connectivity index (χ0n) is 14.9. The number of para-hydroxylation sites is 1. The quantitative estimate of drug-likeness (QED) is 0.521. The van der Waals surface area contributed by atoms with Crippen molar-refractivity contribution in [2.45, 2.75) is 5.16 Å². The van der Waals surface area contributed by atoms with E-state index in [9.17, 15) is 23.2 Å². The number of benzene rings is 2. The van der Waals surface area contributed by atoms with E-state index in [1.165, 1.54) is 0 Å². The zero-order chi connectivity index (χ0) is 20.5. The van der Waals surface area contributed by atoms with Gasteiger partial charge in [0, 0.05) is 19.2 Å². The molecule has 0 atom stereocenters. The minimum absolute atomic E-state index is 0.0622. The molecule has 1 aromatic heterocycles. The summed E-state index contributed by atoms with van der Waals surface area (Å²) < 4.78 is 28.8. The van der Waals surface area contributed by atoms with Gasteiger partial charge in [0.25, 0.3) is 5.56 Å². The lowest BCUT2D eigenvalue weighted by atomic mass is 10.2.